The standard InChI is InChI=1S/C56H33N5O/c1-2-15-35(16-3-1)39-29-30-43(42-21-9-8-20-41(39)42)54-58-55(46-24-12-23-45-52-49(62-53(45)46)26-13-31-57-52)60-56(59-54)61-47-25-11-10-22-44(47)51-48(61)33-37-18-6-7-19-40(37)50(51)38-28-27-34-14-4-5-17-36(34)32-38/h1-33H. The summed E-state index contributed by atoms with van der Waals surface area (Å²) in [7, 11) is 0. The van der Waals surface area contributed by atoms with Gasteiger partial charge in [0.15, 0.2) is 17.2 Å². The zero-order valence-electron chi connectivity index (χ0n) is 33.2. The molecule has 0 bridgehead atoms. The summed E-state index contributed by atoms with van der Waals surface area (Å²) in [6, 6.07) is 68.2. The normalized spacial score (nSPS) is 11.9. The van der Waals surface area contributed by atoms with Gasteiger partial charge < -0.3 is 4.42 Å². The molecule has 0 aliphatic carbocycles. The van der Waals surface area contributed by atoms with Crippen LogP contribution >= 0.6 is 0 Å². The van der Waals surface area contributed by atoms with Crippen LogP contribution in [0.1, 0.15) is 0 Å². The zero-order chi connectivity index (χ0) is 40.7. The molecule has 0 aliphatic heterocycles. The van der Waals surface area contributed by atoms with Crippen molar-refractivity contribution in [3.8, 4) is 51.0 Å². The second kappa shape index (κ2) is 13.5. The number of nitrogens with zero attached hydrogens (tertiary/aromatic N) is 5. The van der Waals surface area contributed by atoms with Crippen LogP contribution in [0.5, 0.6) is 0 Å². The Bertz CT molecular complexity index is 3940. The van der Waals surface area contributed by atoms with Crippen LogP contribution in [-0.2, 0) is 0 Å². The molecular formula is C56H33N5O. The summed E-state index contributed by atoms with van der Waals surface area (Å²) < 4.78 is 8.78. The number of benzene rings is 9. The number of para-hydroxylation sites is 2. The minimum atomic E-state index is 0.507. The van der Waals surface area contributed by atoms with Crippen molar-refractivity contribution in [1.82, 2.24) is 24.5 Å². The first kappa shape index (κ1) is 34.4. The van der Waals surface area contributed by atoms with Gasteiger partial charge in [0, 0.05) is 27.9 Å². The first-order chi connectivity index (χ1) is 30.7. The van der Waals surface area contributed by atoms with Crippen LogP contribution in [0.2, 0.25) is 0 Å². The number of hydrogen-bond acceptors (Lipinski definition) is 5. The fourth-order valence-corrected chi connectivity index (χ4v) is 9.52. The first-order valence-corrected chi connectivity index (χ1v) is 20.8. The predicted molar refractivity (Wildman–Crippen MR) is 254 cm³/mol. The molecule has 288 valence electrons. The molecule has 4 aromatic heterocycles. The molecule has 0 atom stereocenters. The molecular weight excluding hydrogens is 759 g/mol. The molecule has 6 heteroatoms. The van der Waals surface area contributed by atoms with Crippen molar-refractivity contribution >= 4 is 76.2 Å². The number of pyridine rings is 1. The van der Waals surface area contributed by atoms with Gasteiger partial charge in [0.2, 0.25) is 5.95 Å². The molecule has 0 aliphatic rings. The van der Waals surface area contributed by atoms with Gasteiger partial charge in [0.1, 0.15) is 11.1 Å². The van der Waals surface area contributed by atoms with Crippen LogP contribution in [0.3, 0.4) is 0 Å². The Labute approximate surface area is 355 Å². The number of hydrogen-bond donors (Lipinski definition) is 0. The van der Waals surface area contributed by atoms with Crippen molar-refractivity contribution in [3.05, 3.63) is 200 Å². The largest absolute Gasteiger partial charge is 0.454 e. The summed E-state index contributed by atoms with van der Waals surface area (Å²) in [6.45, 7) is 0. The van der Waals surface area contributed by atoms with Crippen molar-refractivity contribution in [1.29, 1.82) is 0 Å². The number of furan rings is 1. The highest BCUT2D eigenvalue weighted by Crippen LogP contribution is 2.44. The SMILES string of the molecule is c1ccc(-c2ccc(-c3nc(-c4cccc5c4oc4cccnc45)nc(-n4c5ccccc5c5c(-c6ccc7ccccc7c6)c6ccccc6cc54)n3)c3ccccc23)cc1. The van der Waals surface area contributed by atoms with Crippen molar-refractivity contribution in [2.75, 3.05) is 0 Å². The van der Waals surface area contributed by atoms with Gasteiger partial charge in [-0.15, -0.1) is 0 Å². The molecule has 0 radical (unpaired) electrons. The van der Waals surface area contributed by atoms with Crippen LogP contribution in [0, 0.1) is 0 Å². The number of rotatable bonds is 5. The van der Waals surface area contributed by atoms with Crippen molar-refractivity contribution < 1.29 is 4.42 Å². The van der Waals surface area contributed by atoms with Gasteiger partial charge in [0.05, 0.1) is 16.6 Å². The third kappa shape index (κ3) is 5.23. The number of fused-ring (bicyclic) bond motifs is 9. The molecule has 0 saturated carbocycles. The highest BCUT2D eigenvalue weighted by Gasteiger charge is 2.24. The van der Waals surface area contributed by atoms with Gasteiger partial charge in [-0.05, 0) is 103 Å². The molecule has 0 unspecified atom stereocenters. The van der Waals surface area contributed by atoms with E-state index in [2.05, 4.69) is 173 Å². The topological polar surface area (TPSA) is 69.6 Å². The summed E-state index contributed by atoms with van der Waals surface area (Å²) in [5.74, 6) is 1.58. The average molecular weight is 792 g/mol. The van der Waals surface area contributed by atoms with Crippen LogP contribution < -0.4 is 0 Å². The maximum atomic E-state index is 6.56. The molecule has 0 saturated heterocycles. The molecule has 0 N–H and O–H groups in total. The van der Waals surface area contributed by atoms with Crippen molar-refractivity contribution in [3.63, 3.8) is 0 Å². The van der Waals surface area contributed by atoms with E-state index in [1.807, 2.05) is 30.3 Å². The number of aromatic nitrogens is 5. The van der Waals surface area contributed by atoms with Crippen molar-refractivity contribution in [2.24, 2.45) is 0 Å². The van der Waals surface area contributed by atoms with Crippen LogP contribution in [0.25, 0.3) is 127 Å². The van der Waals surface area contributed by atoms with Crippen LogP contribution in [0.4, 0.5) is 0 Å². The molecule has 4 heterocycles. The third-order valence-corrected chi connectivity index (χ3v) is 12.3. The minimum Gasteiger partial charge on any atom is -0.454 e. The van der Waals surface area contributed by atoms with Crippen LogP contribution in [0.15, 0.2) is 205 Å². The highest BCUT2D eigenvalue weighted by molar-refractivity contribution is 6.23. The molecule has 0 spiro atoms. The maximum absolute atomic E-state index is 6.56. The monoisotopic (exact) mass is 791 g/mol. The van der Waals surface area contributed by atoms with Crippen molar-refractivity contribution in [2.45, 2.75) is 0 Å². The molecule has 0 amide bonds. The van der Waals surface area contributed by atoms with Gasteiger partial charge in [0.25, 0.3) is 0 Å². The Kier molecular flexibility index (Phi) is 7.50. The molecule has 9 aromatic carbocycles. The van der Waals surface area contributed by atoms with E-state index in [1.165, 1.54) is 21.7 Å². The summed E-state index contributed by atoms with van der Waals surface area (Å²) in [5, 5.41) is 10.0. The molecule has 62 heavy (non-hydrogen) atoms. The van der Waals surface area contributed by atoms with E-state index in [9.17, 15) is 0 Å². The Morgan fingerprint density at radius 3 is 1.94 bits per heavy atom. The lowest BCUT2D eigenvalue weighted by molar-refractivity contribution is 0.668. The zero-order valence-corrected chi connectivity index (χ0v) is 33.2. The van der Waals surface area contributed by atoms with E-state index in [0.29, 0.717) is 28.8 Å². The fourth-order valence-electron chi connectivity index (χ4n) is 9.52. The highest BCUT2D eigenvalue weighted by atomic mass is 16.3. The van der Waals surface area contributed by atoms with E-state index in [4.69, 9.17) is 19.4 Å². The van der Waals surface area contributed by atoms with Gasteiger partial charge in [-0.2, -0.15) is 9.97 Å². The lowest BCUT2D eigenvalue weighted by Crippen LogP contribution is -2.07. The van der Waals surface area contributed by atoms with Gasteiger partial charge >= 0.3 is 0 Å². The van der Waals surface area contributed by atoms with E-state index < -0.39 is 0 Å². The average Bonchev–Trinajstić information content (AvgIpc) is 3.88. The van der Waals surface area contributed by atoms with E-state index in [1.54, 1.807) is 6.20 Å². The molecule has 13 rings (SSSR count). The molecule has 13 aromatic rings. The van der Waals surface area contributed by atoms with E-state index in [-0.39, 0.29) is 0 Å². The van der Waals surface area contributed by atoms with Gasteiger partial charge in [-0.3, -0.25) is 9.55 Å². The Balaban J connectivity index is 1.14. The Hall–Kier alpha value is -8.48. The minimum absolute atomic E-state index is 0.507. The Morgan fingerprint density at radius 2 is 1.08 bits per heavy atom. The Morgan fingerprint density at radius 1 is 0.403 bits per heavy atom. The fraction of sp³-hybridized carbons (Fsp3) is 0. The summed E-state index contributed by atoms with van der Waals surface area (Å²) >= 11 is 0. The third-order valence-electron chi connectivity index (χ3n) is 12.3. The maximum Gasteiger partial charge on any atom is 0.238 e. The van der Waals surface area contributed by atoms with Gasteiger partial charge in [-0.25, -0.2) is 4.98 Å². The molecule has 0 fully saturated rings. The van der Waals surface area contributed by atoms with E-state index in [0.717, 1.165) is 76.7 Å². The lowest BCUT2D eigenvalue weighted by Gasteiger charge is -2.15. The summed E-state index contributed by atoms with van der Waals surface area (Å²) in [5.41, 5.74) is 10.5. The smallest absolute Gasteiger partial charge is 0.238 e. The lowest BCUT2D eigenvalue weighted by atomic mass is 9.92. The quantitative estimate of drug-likeness (QED) is 0.174. The summed E-state index contributed by atoms with van der Waals surface area (Å²) in [4.78, 5) is 20.9. The second-order valence-corrected chi connectivity index (χ2v) is 15.8. The first-order valence-electron chi connectivity index (χ1n) is 20.8. The predicted octanol–water partition coefficient (Wildman–Crippen LogP) is 14.4. The summed E-state index contributed by atoms with van der Waals surface area (Å²) in [6.07, 6.45) is 1.80. The molecule has 6 nitrogen and oxygen atoms in total. The van der Waals surface area contributed by atoms with Gasteiger partial charge in [-0.1, -0.05) is 146 Å². The van der Waals surface area contributed by atoms with Crippen LogP contribution in [-0.4, -0.2) is 24.5 Å². The second-order valence-electron chi connectivity index (χ2n) is 15.8. The van der Waals surface area contributed by atoms with E-state index >= 15 is 0 Å².